The van der Waals surface area contributed by atoms with E-state index >= 15 is 0 Å². The van der Waals surface area contributed by atoms with Crippen molar-refractivity contribution in [2.75, 3.05) is 13.1 Å². The van der Waals surface area contributed by atoms with Crippen molar-refractivity contribution < 1.29 is 9.32 Å². The van der Waals surface area contributed by atoms with E-state index in [2.05, 4.69) is 25.3 Å². The van der Waals surface area contributed by atoms with Crippen LogP contribution in [0.2, 0.25) is 0 Å². The number of hydrogen-bond donors (Lipinski definition) is 1. The molecule has 0 saturated carbocycles. The lowest BCUT2D eigenvalue weighted by atomic mass is 9.96. The van der Waals surface area contributed by atoms with Gasteiger partial charge in [-0.2, -0.15) is 4.98 Å². The second-order valence-corrected chi connectivity index (χ2v) is 7.01. The van der Waals surface area contributed by atoms with Gasteiger partial charge in [0.25, 0.3) is 0 Å². The smallest absolute Gasteiger partial charge is 0.241 e. The van der Waals surface area contributed by atoms with Crippen molar-refractivity contribution in [2.45, 2.75) is 25.9 Å². The molecule has 1 aromatic carbocycles. The zero-order valence-electron chi connectivity index (χ0n) is 15.6. The predicted molar refractivity (Wildman–Crippen MR) is 104 cm³/mol. The number of nitrogens with zero attached hydrogens (tertiary/aromatic N) is 4. The summed E-state index contributed by atoms with van der Waals surface area (Å²) in [7, 11) is 0. The lowest BCUT2D eigenvalue weighted by Gasteiger charge is -2.30. The summed E-state index contributed by atoms with van der Waals surface area (Å²) in [5.41, 5.74) is 1.96. The lowest BCUT2D eigenvalue weighted by Crippen LogP contribution is -2.40. The van der Waals surface area contributed by atoms with Crippen molar-refractivity contribution in [3.05, 3.63) is 66.3 Å². The number of rotatable bonds is 6. The van der Waals surface area contributed by atoms with Gasteiger partial charge in [0.2, 0.25) is 17.6 Å². The van der Waals surface area contributed by atoms with Crippen LogP contribution in [0.3, 0.4) is 0 Å². The molecule has 0 radical (unpaired) electrons. The van der Waals surface area contributed by atoms with Crippen LogP contribution in [0.25, 0.3) is 11.4 Å². The highest BCUT2D eigenvalue weighted by Crippen LogP contribution is 2.20. The van der Waals surface area contributed by atoms with Gasteiger partial charge in [0.15, 0.2) is 0 Å². The van der Waals surface area contributed by atoms with Crippen molar-refractivity contribution in [3.8, 4) is 11.4 Å². The highest BCUT2D eigenvalue weighted by Gasteiger charge is 2.25. The molecule has 2 aromatic heterocycles. The Hall–Kier alpha value is -3.06. The molecular weight excluding hydrogens is 354 g/mol. The lowest BCUT2D eigenvalue weighted by molar-refractivity contribution is -0.126. The van der Waals surface area contributed by atoms with E-state index < -0.39 is 0 Å². The van der Waals surface area contributed by atoms with Crippen LogP contribution in [-0.4, -0.2) is 39.0 Å². The molecule has 3 heterocycles. The molecule has 7 heteroatoms. The number of hydrogen-bond acceptors (Lipinski definition) is 6. The van der Waals surface area contributed by atoms with Crippen LogP contribution >= 0.6 is 0 Å². The summed E-state index contributed by atoms with van der Waals surface area (Å²) in [4.78, 5) is 23.2. The van der Waals surface area contributed by atoms with Crippen LogP contribution in [0.1, 0.15) is 24.3 Å². The van der Waals surface area contributed by atoms with Gasteiger partial charge in [0.1, 0.15) is 0 Å². The molecule has 3 aromatic rings. The molecule has 1 aliphatic rings. The maximum Gasteiger partial charge on any atom is 0.241 e. The molecule has 0 bridgehead atoms. The molecule has 0 aliphatic carbocycles. The third-order valence-electron chi connectivity index (χ3n) is 5.01. The van der Waals surface area contributed by atoms with Crippen LogP contribution in [0.5, 0.6) is 0 Å². The van der Waals surface area contributed by atoms with Crippen LogP contribution in [-0.2, 0) is 17.9 Å². The quantitative estimate of drug-likeness (QED) is 0.711. The van der Waals surface area contributed by atoms with E-state index in [4.69, 9.17) is 4.52 Å². The number of nitrogens with one attached hydrogen (secondary N) is 1. The fourth-order valence-corrected chi connectivity index (χ4v) is 3.40. The van der Waals surface area contributed by atoms with E-state index in [1.807, 2.05) is 42.5 Å². The Labute approximate surface area is 163 Å². The number of benzene rings is 1. The molecular formula is C21H23N5O2. The predicted octanol–water partition coefficient (Wildman–Crippen LogP) is 2.66. The van der Waals surface area contributed by atoms with Crippen molar-refractivity contribution in [1.82, 2.24) is 25.3 Å². The highest BCUT2D eigenvalue weighted by atomic mass is 16.5. The summed E-state index contributed by atoms with van der Waals surface area (Å²) in [6, 6.07) is 13.6. The maximum absolute atomic E-state index is 12.4. The molecule has 144 valence electrons. The first-order valence-electron chi connectivity index (χ1n) is 9.55. The first-order chi connectivity index (χ1) is 13.8. The number of piperidine rings is 1. The maximum atomic E-state index is 12.4. The fourth-order valence-electron chi connectivity index (χ4n) is 3.40. The Morgan fingerprint density at radius 1 is 1.14 bits per heavy atom. The standard InChI is InChI=1S/C21H23N5O2/c27-21(23-14-16-5-4-10-22-13-16)18-8-11-26(12-9-18)15-19-24-20(25-28-19)17-6-2-1-3-7-17/h1-7,10,13,18H,8-9,11-12,14-15H2,(H,23,27). The summed E-state index contributed by atoms with van der Waals surface area (Å²) in [5, 5.41) is 7.08. The number of aromatic nitrogens is 3. The zero-order chi connectivity index (χ0) is 19.2. The van der Waals surface area contributed by atoms with Crippen molar-refractivity contribution in [2.24, 2.45) is 5.92 Å². The Morgan fingerprint density at radius 3 is 2.71 bits per heavy atom. The first-order valence-corrected chi connectivity index (χ1v) is 9.55. The monoisotopic (exact) mass is 377 g/mol. The number of pyridine rings is 1. The van der Waals surface area contributed by atoms with Gasteiger partial charge in [0.05, 0.1) is 6.54 Å². The minimum atomic E-state index is 0.0514. The van der Waals surface area contributed by atoms with E-state index in [1.54, 1.807) is 12.4 Å². The molecule has 1 aliphatic heterocycles. The SMILES string of the molecule is O=C(NCc1cccnc1)C1CCN(Cc2nc(-c3ccccc3)no2)CC1. The Kier molecular flexibility index (Phi) is 5.72. The number of likely N-dealkylation sites (tertiary alicyclic amines) is 1. The van der Waals surface area contributed by atoms with E-state index in [9.17, 15) is 4.79 Å². The van der Waals surface area contributed by atoms with Crippen molar-refractivity contribution in [3.63, 3.8) is 0 Å². The van der Waals surface area contributed by atoms with Gasteiger partial charge in [-0.05, 0) is 37.6 Å². The van der Waals surface area contributed by atoms with Gasteiger partial charge < -0.3 is 9.84 Å². The third-order valence-corrected chi connectivity index (χ3v) is 5.01. The van der Waals surface area contributed by atoms with Gasteiger partial charge in [0, 0.05) is 30.4 Å². The second-order valence-electron chi connectivity index (χ2n) is 7.01. The van der Waals surface area contributed by atoms with E-state index in [0.29, 0.717) is 24.8 Å². The van der Waals surface area contributed by atoms with E-state index in [1.165, 1.54) is 0 Å². The molecule has 4 rings (SSSR count). The van der Waals surface area contributed by atoms with Gasteiger partial charge in [-0.3, -0.25) is 14.7 Å². The normalized spacial score (nSPS) is 15.4. The first kappa shape index (κ1) is 18.3. The summed E-state index contributed by atoms with van der Waals surface area (Å²) in [5.74, 6) is 1.39. The molecule has 0 spiro atoms. The largest absolute Gasteiger partial charge is 0.352 e. The summed E-state index contributed by atoms with van der Waals surface area (Å²) >= 11 is 0. The Morgan fingerprint density at radius 2 is 1.96 bits per heavy atom. The van der Waals surface area contributed by atoms with Crippen molar-refractivity contribution >= 4 is 5.91 Å². The zero-order valence-corrected chi connectivity index (χ0v) is 15.6. The summed E-state index contributed by atoms with van der Waals surface area (Å²) < 4.78 is 5.40. The molecule has 7 nitrogen and oxygen atoms in total. The number of amides is 1. The topological polar surface area (TPSA) is 84.2 Å². The molecule has 1 fully saturated rings. The fraction of sp³-hybridized carbons (Fsp3) is 0.333. The summed E-state index contributed by atoms with van der Waals surface area (Å²) in [6.07, 6.45) is 5.17. The molecule has 0 unspecified atom stereocenters. The van der Waals surface area contributed by atoms with Gasteiger partial charge in [-0.15, -0.1) is 0 Å². The molecule has 1 saturated heterocycles. The molecule has 1 amide bonds. The minimum absolute atomic E-state index is 0.0514. The van der Waals surface area contributed by atoms with Crippen molar-refractivity contribution in [1.29, 1.82) is 0 Å². The van der Waals surface area contributed by atoms with Gasteiger partial charge in [-0.1, -0.05) is 41.6 Å². The van der Waals surface area contributed by atoms with Crippen LogP contribution in [0, 0.1) is 5.92 Å². The Bertz CT molecular complexity index is 889. The third kappa shape index (κ3) is 4.61. The van der Waals surface area contributed by atoms with E-state index in [0.717, 1.165) is 37.1 Å². The number of carbonyl (C=O) groups is 1. The Balaban J connectivity index is 1.24. The average Bonchev–Trinajstić information content (AvgIpc) is 3.22. The highest BCUT2D eigenvalue weighted by molar-refractivity contribution is 5.78. The van der Waals surface area contributed by atoms with E-state index in [-0.39, 0.29) is 11.8 Å². The average molecular weight is 377 g/mol. The summed E-state index contributed by atoms with van der Waals surface area (Å²) in [6.45, 7) is 2.82. The molecule has 28 heavy (non-hydrogen) atoms. The van der Waals surface area contributed by atoms with Crippen LogP contribution in [0.15, 0.2) is 59.4 Å². The van der Waals surface area contributed by atoms with Crippen LogP contribution in [0.4, 0.5) is 0 Å². The van der Waals surface area contributed by atoms with Crippen LogP contribution < -0.4 is 5.32 Å². The number of carbonyl (C=O) groups excluding carboxylic acids is 1. The van der Waals surface area contributed by atoms with Gasteiger partial charge in [-0.25, -0.2) is 0 Å². The van der Waals surface area contributed by atoms with Gasteiger partial charge >= 0.3 is 0 Å². The molecule has 0 atom stereocenters. The minimum Gasteiger partial charge on any atom is -0.352 e. The molecule has 1 N–H and O–H groups in total. The second kappa shape index (κ2) is 8.75.